The van der Waals surface area contributed by atoms with Crippen LogP contribution in [0.4, 0.5) is 17.1 Å². The predicted molar refractivity (Wildman–Crippen MR) is 122 cm³/mol. The van der Waals surface area contributed by atoms with Crippen molar-refractivity contribution in [1.29, 1.82) is 0 Å². The predicted octanol–water partition coefficient (Wildman–Crippen LogP) is 3.33. The Kier molecular flexibility index (Phi) is 6.90. The molecule has 0 radical (unpaired) electrons. The first-order valence-electron chi connectivity index (χ1n) is 10.2. The molecule has 1 aliphatic rings. The minimum Gasteiger partial charge on any atom is -0.326 e. The van der Waals surface area contributed by atoms with Crippen LogP contribution in [0.2, 0.25) is 0 Å². The van der Waals surface area contributed by atoms with Gasteiger partial charge in [-0.05, 0) is 61.2 Å². The fraction of sp³-hybridized carbons (Fsp3) is 0.381. The van der Waals surface area contributed by atoms with Gasteiger partial charge >= 0.3 is 0 Å². The maximum atomic E-state index is 12.8. The van der Waals surface area contributed by atoms with Crippen LogP contribution in [0.15, 0.2) is 47.4 Å². The number of rotatable bonds is 8. The van der Waals surface area contributed by atoms with Crippen molar-refractivity contribution in [2.75, 3.05) is 26.6 Å². The summed E-state index contributed by atoms with van der Waals surface area (Å²) < 4.78 is 54.8. The molecular weight excluding hydrogens is 438 g/mol. The number of carbonyl (C=O) groups is 1. The molecule has 0 atom stereocenters. The normalized spacial score (nSPS) is 14.1. The molecule has 0 saturated carbocycles. The molecular formula is C21H27N3O5S2. The average molecular weight is 466 g/mol. The second-order valence-corrected chi connectivity index (χ2v) is 11.1. The second-order valence-electron chi connectivity index (χ2n) is 7.37. The Bertz CT molecular complexity index is 1160. The fourth-order valence-electron chi connectivity index (χ4n) is 3.44. The third-order valence-corrected chi connectivity index (χ3v) is 8.35. The van der Waals surface area contributed by atoms with E-state index >= 15 is 0 Å². The number of benzene rings is 2. The average Bonchev–Trinajstić information content (AvgIpc) is 2.73. The summed E-state index contributed by atoms with van der Waals surface area (Å²) in [4.78, 5) is 11.5. The van der Waals surface area contributed by atoms with Crippen LogP contribution in [-0.2, 0) is 31.3 Å². The SMILES string of the molecule is CCCS(=O)(=O)N1CCCc2ccc(NS(=O)(=O)c3ccc(NC(=O)CC)cc3)cc21. The Morgan fingerprint density at radius 1 is 1.00 bits per heavy atom. The lowest BCUT2D eigenvalue weighted by Crippen LogP contribution is -2.37. The highest BCUT2D eigenvalue weighted by Gasteiger charge is 2.27. The third kappa shape index (κ3) is 5.37. The van der Waals surface area contributed by atoms with Crippen molar-refractivity contribution in [3.05, 3.63) is 48.0 Å². The molecule has 1 heterocycles. The minimum atomic E-state index is -3.88. The molecule has 0 aromatic heterocycles. The van der Waals surface area contributed by atoms with Crippen molar-refractivity contribution < 1.29 is 21.6 Å². The number of amides is 1. The Morgan fingerprint density at radius 2 is 1.68 bits per heavy atom. The molecule has 10 heteroatoms. The van der Waals surface area contributed by atoms with Gasteiger partial charge in [0.25, 0.3) is 10.0 Å². The van der Waals surface area contributed by atoms with Crippen LogP contribution in [0.25, 0.3) is 0 Å². The lowest BCUT2D eigenvalue weighted by atomic mass is 10.0. The van der Waals surface area contributed by atoms with Crippen molar-refractivity contribution in [3.8, 4) is 0 Å². The zero-order chi connectivity index (χ0) is 22.6. The number of hydrogen-bond donors (Lipinski definition) is 2. The van der Waals surface area contributed by atoms with Crippen LogP contribution in [-0.4, -0.2) is 35.0 Å². The van der Waals surface area contributed by atoms with E-state index in [0.717, 1.165) is 18.4 Å². The number of nitrogens with one attached hydrogen (secondary N) is 2. The van der Waals surface area contributed by atoms with Gasteiger partial charge in [-0.1, -0.05) is 19.9 Å². The Balaban J connectivity index is 1.85. The van der Waals surface area contributed by atoms with E-state index in [4.69, 9.17) is 0 Å². The van der Waals surface area contributed by atoms with Gasteiger partial charge in [-0.15, -0.1) is 0 Å². The topological polar surface area (TPSA) is 113 Å². The van der Waals surface area contributed by atoms with Gasteiger partial charge in [-0.2, -0.15) is 0 Å². The molecule has 168 valence electrons. The lowest BCUT2D eigenvalue weighted by Gasteiger charge is -2.31. The molecule has 2 N–H and O–H groups in total. The summed E-state index contributed by atoms with van der Waals surface area (Å²) in [6.07, 6.45) is 2.30. The first kappa shape index (κ1) is 23.1. The standard InChI is InChI=1S/C21H27N3O5S2/c1-3-14-30(26,27)24-13-5-6-16-7-8-18(15-20(16)24)23-31(28,29)19-11-9-17(10-12-19)22-21(25)4-2/h7-12,15,23H,3-6,13-14H2,1-2H3,(H,22,25). The minimum absolute atomic E-state index is 0.0372. The second kappa shape index (κ2) is 9.27. The highest BCUT2D eigenvalue weighted by atomic mass is 32.2. The Labute approximate surface area is 183 Å². The molecule has 8 nitrogen and oxygen atoms in total. The number of hydrogen-bond acceptors (Lipinski definition) is 5. The van der Waals surface area contributed by atoms with E-state index in [-0.39, 0.29) is 16.6 Å². The number of aryl methyl sites for hydroxylation is 1. The van der Waals surface area contributed by atoms with Crippen molar-refractivity contribution >= 4 is 43.0 Å². The first-order valence-corrected chi connectivity index (χ1v) is 13.3. The molecule has 31 heavy (non-hydrogen) atoms. The van der Waals surface area contributed by atoms with Gasteiger partial charge in [0.15, 0.2) is 0 Å². The molecule has 0 fully saturated rings. The molecule has 0 unspecified atom stereocenters. The van der Waals surface area contributed by atoms with E-state index in [1.807, 2.05) is 6.92 Å². The highest BCUT2D eigenvalue weighted by molar-refractivity contribution is 7.93. The van der Waals surface area contributed by atoms with Crippen LogP contribution in [0.5, 0.6) is 0 Å². The van der Waals surface area contributed by atoms with Gasteiger partial charge in [0.1, 0.15) is 0 Å². The van der Waals surface area contributed by atoms with E-state index < -0.39 is 20.0 Å². The number of carbonyl (C=O) groups excluding carboxylic acids is 1. The highest BCUT2D eigenvalue weighted by Crippen LogP contribution is 2.33. The maximum absolute atomic E-state index is 12.8. The molecule has 0 aliphatic carbocycles. The van der Waals surface area contributed by atoms with Gasteiger partial charge in [-0.3, -0.25) is 13.8 Å². The van der Waals surface area contributed by atoms with Crippen LogP contribution < -0.4 is 14.3 Å². The molecule has 0 spiro atoms. The zero-order valence-electron chi connectivity index (χ0n) is 17.6. The summed E-state index contributed by atoms with van der Waals surface area (Å²) in [7, 11) is -7.34. The van der Waals surface area contributed by atoms with Gasteiger partial charge in [0.2, 0.25) is 15.9 Å². The number of sulfonamides is 2. The Hall–Kier alpha value is -2.59. The smallest absolute Gasteiger partial charge is 0.261 e. The van der Waals surface area contributed by atoms with E-state index in [9.17, 15) is 21.6 Å². The summed E-state index contributed by atoms with van der Waals surface area (Å²) >= 11 is 0. The van der Waals surface area contributed by atoms with E-state index in [1.165, 1.54) is 28.6 Å². The third-order valence-electron chi connectivity index (χ3n) is 4.98. The largest absolute Gasteiger partial charge is 0.326 e. The summed E-state index contributed by atoms with van der Waals surface area (Å²) in [5.74, 6) is -0.117. The summed E-state index contributed by atoms with van der Waals surface area (Å²) in [5.41, 5.74) is 2.21. The monoisotopic (exact) mass is 465 g/mol. The molecule has 2 aromatic carbocycles. The number of anilines is 3. The van der Waals surface area contributed by atoms with E-state index in [1.54, 1.807) is 25.1 Å². The van der Waals surface area contributed by atoms with Crippen LogP contribution in [0, 0.1) is 0 Å². The lowest BCUT2D eigenvalue weighted by molar-refractivity contribution is -0.115. The quantitative estimate of drug-likeness (QED) is 0.621. The van der Waals surface area contributed by atoms with Crippen LogP contribution in [0.1, 0.15) is 38.7 Å². The summed E-state index contributed by atoms with van der Waals surface area (Å²) in [6, 6.07) is 10.8. The molecule has 2 aromatic rings. The molecule has 0 saturated heterocycles. The van der Waals surface area contributed by atoms with Crippen molar-refractivity contribution in [1.82, 2.24) is 0 Å². The van der Waals surface area contributed by atoms with E-state index in [2.05, 4.69) is 10.0 Å². The molecule has 1 amide bonds. The van der Waals surface area contributed by atoms with E-state index in [0.29, 0.717) is 36.4 Å². The number of nitrogens with zero attached hydrogens (tertiary/aromatic N) is 1. The maximum Gasteiger partial charge on any atom is 0.261 e. The molecule has 0 bridgehead atoms. The Morgan fingerprint density at radius 3 is 2.32 bits per heavy atom. The van der Waals surface area contributed by atoms with Gasteiger partial charge in [0, 0.05) is 18.7 Å². The van der Waals surface area contributed by atoms with Crippen LogP contribution >= 0.6 is 0 Å². The van der Waals surface area contributed by atoms with Crippen molar-refractivity contribution in [2.45, 2.75) is 44.4 Å². The van der Waals surface area contributed by atoms with Gasteiger partial charge < -0.3 is 5.32 Å². The van der Waals surface area contributed by atoms with Crippen molar-refractivity contribution in [3.63, 3.8) is 0 Å². The van der Waals surface area contributed by atoms with Gasteiger partial charge in [0.05, 0.1) is 22.0 Å². The molecule has 1 aliphatic heterocycles. The zero-order valence-corrected chi connectivity index (χ0v) is 19.2. The molecule has 3 rings (SSSR count). The van der Waals surface area contributed by atoms with Crippen LogP contribution in [0.3, 0.4) is 0 Å². The summed E-state index contributed by atoms with van der Waals surface area (Å²) in [5, 5.41) is 2.67. The van der Waals surface area contributed by atoms with Crippen molar-refractivity contribution in [2.24, 2.45) is 0 Å². The summed E-state index contributed by atoms with van der Waals surface area (Å²) in [6.45, 7) is 3.92. The number of fused-ring (bicyclic) bond motifs is 1. The fourth-order valence-corrected chi connectivity index (χ4v) is 6.11. The first-order chi connectivity index (χ1) is 14.7. The van der Waals surface area contributed by atoms with Gasteiger partial charge in [-0.25, -0.2) is 16.8 Å².